The van der Waals surface area contributed by atoms with Crippen LogP contribution in [0.15, 0.2) is 206 Å². The molecule has 0 radical (unpaired) electrons. The normalized spacial score (nSPS) is 15.7. The molecule has 0 saturated carbocycles. The van der Waals surface area contributed by atoms with Crippen LogP contribution in [0.5, 0.6) is 5.75 Å². The summed E-state index contributed by atoms with van der Waals surface area (Å²) in [7, 11) is 0. The number of fused-ring (bicyclic) bond motifs is 10. The fraction of sp³-hybridized carbons (Fsp3) is 0.0351. The molecule has 9 aromatic carbocycles. The molecule has 0 saturated heterocycles. The summed E-state index contributed by atoms with van der Waals surface area (Å²) in [5.41, 5.74) is 9.48. The maximum absolute atomic E-state index is 6.74. The third-order valence-electron chi connectivity index (χ3n) is 12.8. The third-order valence-corrected chi connectivity index (χ3v) is 12.8. The van der Waals surface area contributed by atoms with E-state index in [2.05, 4.69) is 205 Å². The first-order valence-electron chi connectivity index (χ1n) is 21.2. The number of para-hydroxylation sites is 2. The van der Waals surface area contributed by atoms with Gasteiger partial charge in [0.1, 0.15) is 11.9 Å². The Bertz CT molecular complexity index is 3690. The van der Waals surface area contributed by atoms with Gasteiger partial charge in [-0.15, -0.1) is 0 Å². The van der Waals surface area contributed by atoms with Gasteiger partial charge in [0.2, 0.25) is 0 Å². The van der Waals surface area contributed by atoms with E-state index in [0.717, 1.165) is 61.3 Å². The second-order valence-electron chi connectivity index (χ2n) is 16.3. The van der Waals surface area contributed by atoms with Crippen molar-refractivity contribution in [2.75, 3.05) is 0 Å². The predicted molar refractivity (Wildman–Crippen MR) is 254 cm³/mol. The minimum atomic E-state index is -0.207. The number of ether oxygens (including phenoxy) is 1. The molecule has 0 fully saturated rings. The Morgan fingerprint density at radius 3 is 1.92 bits per heavy atom. The van der Waals surface area contributed by atoms with E-state index < -0.39 is 0 Å². The van der Waals surface area contributed by atoms with Crippen LogP contribution in [0.1, 0.15) is 17.3 Å². The quantitative estimate of drug-likeness (QED) is 0.163. The van der Waals surface area contributed by atoms with Crippen LogP contribution in [0, 0.1) is 0 Å². The standard InChI is InChI=1S/C57H36N4O/c1-2-13-35(14-3-1)37-18-12-19-41(31-37)55-58-56(42-27-28-44-40(32-42)26-25-36-15-6-7-20-43(36)44)60-57(59-55)47-29-30-52-53(46-22-9-11-24-51(46)62-52)54(47)61-49-23-10-8-21-45(49)48-33-38-16-4-5-17-39(38)34-50(48)61/h1-34,52-53H. The van der Waals surface area contributed by atoms with E-state index in [1.165, 1.54) is 37.7 Å². The minimum Gasteiger partial charge on any atom is -0.485 e. The lowest BCUT2D eigenvalue weighted by Gasteiger charge is -2.28. The van der Waals surface area contributed by atoms with E-state index in [1.54, 1.807) is 0 Å². The summed E-state index contributed by atoms with van der Waals surface area (Å²) in [6.45, 7) is 0. The van der Waals surface area contributed by atoms with E-state index >= 15 is 0 Å². The van der Waals surface area contributed by atoms with E-state index in [1.807, 2.05) is 6.07 Å². The highest BCUT2D eigenvalue weighted by Gasteiger charge is 2.41. The maximum Gasteiger partial charge on any atom is 0.165 e. The van der Waals surface area contributed by atoms with Crippen LogP contribution < -0.4 is 4.74 Å². The van der Waals surface area contributed by atoms with E-state index in [-0.39, 0.29) is 12.0 Å². The molecule has 0 N–H and O–H groups in total. The van der Waals surface area contributed by atoms with Gasteiger partial charge in [-0.2, -0.15) is 0 Å². The first kappa shape index (κ1) is 34.7. The Hall–Kier alpha value is -8.15. The number of rotatable bonds is 5. The number of allylic oxidation sites excluding steroid dienone is 2. The van der Waals surface area contributed by atoms with Crippen molar-refractivity contribution in [1.82, 2.24) is 19.5 Å². The molecule has 2 aromatic heterocycles. The van der Waals surface area contributed by atoms with Crippen LogP contribution in [0.2, 0.25) is 0 Å². The van der Waals surface area contributed by atoms with Crippen molar-refractivity contribution in [2.45, 2.75) is 12.0 Å². The van der Waals surface area contributed by atoms with E-state index in [4.69, 9.17) is 19.7 Å². The van der Waals surface area contributed by atoms with Crippen molar-refractivity contribution in [1.29, 1.82) is 0 Å². The smallest absolute Gasteiger partial charge is 0.165 e. The van der Waals surface area contributed by atoms with Crippen LogP contribution >= 0.6 is 0 Å². The Balaban J connectivity index is 1.11. The molecule has 0 spiro atoms. The zero-order valence-electron chi connectivity index (χ0n) is 33.5. The molecule has 11 aromatic rings. The molecule has 5 nitrogen and oxygen atoms in total. The van der Waals surface area contributed by atoms with E-state index in [9.17, 15) is 0 Å². The highest BCUT2D eigenvalue weighted by Crippen LogP contribution is 2.51. The number of hydrogen-bond donors (Lipinski definition) is 0. The van der Waals surface area contributed by atoms with Crippen molar-refractivity contribution < 1.29 is 4.74 Å². The monoisotopic (exact) mass is 792 g/mol. The van der Waals surface area contributed by atoms with Gasteiger partial charge in [0, 0.05) is 38.7 Å². The average molecular weight is 793 g/mol. The van der Waals surface area contributed by atoms with Crippen LogP contribution in [-0.4, -0.2) is 25.6 Å². The summed E-state index contributed by atoms with van der Waals surface area (Å²) < 4.78 is 9.20. The lowest BCUT2D eigenvalue weighted by atomic mass is 9.85. The van der Waals surface area contributed by atoms with Gasteiger partial charge >= 0.3 is 0 Å². The molecule has 2 aliphatic rings. The van der Waals surface area contributed by atoms with Crippen LogP contribution in [0.25, 0.3) is 99.3 Å². The van der Waals surface area contributed by atoms with Crippen molar-refractivity contribution in [2.24, 2.45) is 0 Å². The summed E-state index contributed by atoms with van der Waals surface area (Å²) in [5.74, 6) is 2.60. The Kier molecular flexibility index (Phi) is 7.66. The molecular formula is C57H36N4O. The molecule has 0 amide bonds. The third kappa shape index (κ3) is 5.45. The van der Waals surface area contributed by atoms with Gasteiger partial charge in [-0.25, -0.2) is 15.0 Å². The van der Waals surface area contributed by atoms with Gasteiger partial charge < -0.3 is 9.30 Å². The molecule has 2 atom stereocenters. The molecule has 1 aliphatic heterocycles. The number of aromatic nitrogens is 4. The minimum absolute atomic E-state index is 0.129. The van der Waals surface area contributed by atoms with E-state index in [0.29, 0.717) is 17.5 Å². The second-order valence-corrected chi connectivity index (χ2v) is 16.3. The summed E-state index contributed by atoms with van der Waals surface area (Å²) in [6.07, 6.45) is 4.16. The average Bonchev–Trinajstić information content (AvgIpc) is 3.88. The predicted octanol–water partition coefficient (Wildman–Crippen LogP) is 13.9. The topological polar surface area (TPSA) is 52.8 Å². The van der Waals surface area contributed by atoms with Crippen molar-refractivity contribution in [3.63, 3.8) is 0 Å². The first-order valence-corrected chi connectivity index (χ1v) is 21.2. The van der Waals surface area contributed by atoms with Crippen LogP contribution in [0.3, 0.4) is 0 Å². The van der Waals surface area contributed by atoms with Crippen LogP contribution in [0.4, 0.5) is 0 Å². The fourth-order valence-electron chi connectivity index (χ4n) is 9.87. The van der Waals surface area contributed by atoms with Gasteiger partial charge in [0.05, 0.1) is 17.0 Å². The second kappa shape index (κ2) is 13.7. The Morgan fingerprint density at radius 1 is 0.403 bits per heavy atom. The van der Waals surface area contributed by atoms with Crippen molar-refractivity contribution >= 4 is 65.4 Å². The lowest BCUT2D eigenvalue weighted by Crippen LogP contribution is -2.24. The maximum atomic E-state index is 6.74. The molecule has 3 heterocycles. The number of benzene rings is 9. The van der Waals surface area contributed by atoms with Gasteiger partial charge in [0.25, 0.3) is 0 Å². The first-order chi connectivity index (χ1) is 30.7. The largest absolute Gasteiger partial charge is 0.485 e. The molecular weight excluding hydrogens is 757 g/mol. The zero-order valence-corrected chi connectivity index (χ0v) is 33.5. The van der Waals surface area contributed by atoms with Crippen LogP contribution in [-0.2, 0) is 0 Å². The summed E-state index contributed by atoms with van der Waals surface area (Å²) >= 11 is 0. The molecule has 290 valence electrons. The van der Waals surface area contributed by atoms with Gasteiger partial charge in [-0.1, -0.05) is 158 Å². The fourth-order valence-corrected chi connectivity index (χ4v) is 9.87. The zero-order chi connectivity index (χ0) is 40.7. The summed E-state index contributed by atoms with van der Waals surface area (Å²) in [4.78, 5) is 16.2. The summed E-state index contributed by atoms with van der Waals surface area (Å²) in [5, 5.41) is 9.55. The molecule has 2 unspecified atom stereocenters. The van der Waals surface area contributed by atoms with Crippen molar-refractivity contribution in [3.8, 4) is 39.7 Å². The molecule has 62 heavy (non-hydrogen) atoms. The Morgan fingerprint density at radius 2 is 1.05 bits per heavy atom. The highest BCUT2D eigenvalue weighted by molar-refractivity contribution is 6.16. The Labute approximate surface area is 357 Å². The van der Waals surface area contributed by atoms with Crippen molar-refractivity contribution in [3.05, 3.63) is 218 Å². The number of nitrogens with zero attached hydrogens (tertiary/aromatic N) is 4. The van der Waals surface area contributed by atoms with Gasteiger partial charge in [-0.05, 0) is 92.0 Å². The van der Waals surface area contributed by atoms with Gasteiger partial charge in [0.15, 0.2) is 17.5 Å². The highest BCUT2D eigenvalue weighted by atomic mass is 16.5. The molecule has 5 heteroatoms. The lowest BCUT2D eigenvalue weighted by molar-refractivity contribution is 0.270. The molecule has 13 rings (SSSR count). The molecule has 0 bridgehead atoms. The SMILES string of the molecule is C1=CC2Oc3ccccc3C2C(n2c3ccccc3c3cc4ccccc4cc32)=C1c1nc(-c2cccc(-c3ccccc3)c2)nc(-c2ccc3c(ccc4ccccc43)c2)n1. The summed E-state index contributed by atoms with van der Waals surface area (Å²) in [6, 6.07) is 69.0. The number of hydrogen-bond acceptors (Lipinski definition) is 4. The molecule has 1 aliphatic carbocycles. The van der Waals surface area contributed by atoms with Gasteiger partial charge in [-0.3, -0.25) is 0 Å².